The lowest BCUT2D eigenvalue weighted by atomic mass is 9.94. The van der Waals surface area contributed by atoms with Crippen LogP contribution in [0.1, 0.15) is 18.4 Å². The first-order valence-corrected chi connectivity index (χ1v) is 7.91. The molecule has 3 aromatic rings. The molecule has 0 unspecified atom stereocenters. The largest absolute Gasteiger partial charge is 0.361 e. The molecule has 2 aromatic carbocycles. The third kappa shape index (κ3) is 2.36. The van der Waals surface area contributed by atoms with Gasteiger partial charge in [0.1, 0.15) is 0 Å². The topological polar surface area (TPSA) is 44.9 Å². The fraction of sp³-hybridized carbons (Fsp3) is 0.167. The molecule has 1 aliphatic rings. The average Bonchev–Trinajstić information content (AvgIpc) is 3.25. The Labute approximate surface area is 141 Å². The Kier molecular flexibility index (Phi) is 3.35. The Morgan fingerprint density at radius 2 is 1.92 bits per heavy atom. The molecule has 0 atom stereocenters. The maximum Gasteiger partial charge on any atom is 0.235 e. The van der Waals surface area contributed by atoms with Gasteiger partial charge in [-0.2, -0.15) is 0 Å². The van der Waals surface area contributed by atoms with Gasteiger partial charge in [-0.1, -0.05) is 11.6 Å². The predicted octanol–water partition coefficient (Wildman–Crippen LogP) is 4.77. The van der Waals surface area contributed by atoms with Crippen molar-refractivity contribution >= 4 is 34.1 Å². The van der Waals surface area contributed by atoms with Crippen LogP contribution in [0.15, 0.2) is 42.6 Å². The number of hydrogen-bond donors (Lipinski definition) is 2. The number of anilines is 1. The lowest BCUT2D eigenvalue weighted by Gasteiger charge is -2.15. The lowest BCUT2D eigenvalue weighted by Crippen LogP contribution is -2.27. The molecular formula is C18H13ClF2N2O. The maximum absolute atomic E-state index is 13.3. The van der Waals surface area contributed by atoms with E-state index in [9.17, 15) is 13.6 Å². The number of carbonyl (C=O) groups excluding carboxylic acids is 1. The van der Waals surface area contributed by atoms with Gasteiger partial charge in [0.15, 0.2) is 11.6 Å². The third-order valence-corrected chi connectivity index (χ3v) is 4.76. The second-order valence-electron chi connectivity index (χ2n) is 6.06. The van der Waals surface area contributed by atoms with Crippen LogP contribution in [0.5, 0.6) is 0 Å². The van der Waals surface area contributed by atoms with Crippen LogP contribution in [-0.2, 0) is 10.2 Å². The van der Waals surface area contributed by atoms with Crippen molar-refractivity contribution in [2.75, 3.05) is 5.32 Å². The van der Waals surface area contributed by atoms with Gasteiger partial charge < -0.3 is 10.3 Å². The molecule has 4 rings (SSSR count). The minimum atomic E-state index is -0.989. The van der Waals surface area contributed by atoms with Crippen LogP contribution in [0, 0.1) is 11.6 Å². The molecule has 1 fully saturated rings. The monoisotopic (exact) mass is 346 g/mol. The van der Waals surface area contributed by atoms with Gasteiger partial charge in [-0.3, -0.25) is 4.79 Å². The first-order valence-electron chi connectivity index (χ1n) is 7.53. The molecule has 6 heteroatoms. The van der Waals surface area contributed by atoms with Crippen molar-refractivity contribution in [1.29, 1.82) is 0 Å². The molecule has 24 heavy (non-hydrogen) atoms. The summed E-state index contributed by atoms with van der Waals surface area (Å²) in [4.78, 5) is 15.9. The second kappa shape index (κ2) is 5.31. The highest BCUT2D eigenvalue weighted by Gasteiger charge is 2.52. The van der Waals surface area contributed by atoms with Crippen molar-refractivity contribution in [3.05, 3.63) is 64.8 Å². The average molecular weight is 347 g/mol. The number of halogens is 3. The first kappa shape index (κ1) is 15.1. The number of nitrogens with one attached hydrogen (secondary N) is 2. The summed E-state index contributed by atoms with van der Waals surface area (Å²) >= 11 is 6.07. The van der Waals surface area contributed by atoms with Gasteiger partial charge in [-0.05, 0) is 48.7 Å². The number of hydrogen-bond acceptors (Lipinski definition) is 1. The van der Waals surface area contributed by atoms with Crippen molar-refractivity contribution < 1.29 is 13.6 Å². The summed E-state index contributed by atoms with van der Waals surface area (Å²) in [7, 11) is 0. The fourth-order valence-corrected chi connectivity index (χ4v) is 3.23. The van der Waals surface area contributed by atoms with Crippen LogP contribution in [0.3, 0.4) is 0 Å². The van der Waals surface area contributed by atoms with Gasteiger partial charge in [0, 0.05) is 33.9 Å². The van der Waals surface area contributed by atoms with Crippen LogP contribution in [0.25, 0.3) is 10.9 Å². The molecule has 122 valence electrons. The molecule has 0 saturated heterocycles. The van der Waals surface area contributed by atoms with E-state index < -0.39 is 17.0 Å². The summed E-state index contributed by atoms with van der Waals surface area (Å²) in [6.07, 6.45) is 3.21. The zero-order valence-corrected chi connectivity index (χ0v) is 13.3. The highest BCUT2D eigenvalue weighted by atomic mass is 35.5. The molecule has 0 spiro atoms. The van der Waals surface area contributed by atoms with Crippen molar-refractivity contribution in [3.8, 4) is 0 Å². The Hall–Kier alpha value is -2.40. The lowest BCUT2D eigenvalue weighted by molar-refractivity contribution is -0.118. The van der Waals surface area contributed by atoms with E-state index in [4.69, 9.17) is 11.6 Å². The highest BCUT2D eigenvalue weighted by Crippen LogP contribution is 2.51. The van der Waals surface area contributed by atoms with Crippen LogP contribution in [0.2, 0.25) is 5.02 Å². The predicted molar refractivity (Wildman–Crippen MR) is 89.2 cm³/mol. The standard InChI is InChI=1S/C18H13ClF2N2O/c19-10-1-4-16-12(7-10)13(9-22-16)18(5-6-18)17(24)23-11-2-3-14(20)15(21)8-11/h1-4,7-9,22H,5-6H2,(H,23,24). The smallest absolute Gasteiger partial charge is 0.235 e. The van der Waals surface area contributed by atoms with E-state index >= 15 is 0 Å². The van der Waals surface area contributed by atoms with E-state index in [-0.39, 0.29) is 11.6 Å². The number of fused-ring (bicyclic) bond motifs is 1. The van der Waals surface area contributed by atoms with Gasteiger partial charge in [0.25, 0.3) is 0 Å². The Balaban J connectivity index is 1.68. The van der Waals surface area contributed by atoms with Crippen LogP contribution >= 0.6 is 11.6 Å². The molecule has 1 heterocycles. The van der Waals surface area contributed by atoms with Gasteiger partial charge in [-0.15, -0.1) is 0 Å². The number of benzene rings is 2. The summed E-state index contributed by atoms with van der Waals surface area (Å²) < 4.78 is 26.3. The quantitative estimate of drug-likeness (QED) is 0.705. The number of aromatic amines is 1. The van der Waals surface area contributed by atoms with E-state index in [2.05, 4.69) is 10.3 Å². The molecule has 1 saturated carbocycles. The number of aromatic nitrogens is 1. The van der Waals surface area contributed by atoms with Gasteiger partial charge in [0.2, 0.25) is 5.91 Å². The fourth-order valence-electron chi connectivity index (χ4n) is 3.06. The van der Waals surface area contributed by atoms with Crippen molar-refractivity contribution in [3.63, 3.8) is 0 Å². The molecule has 0 aliphatic heterocycles. The van der Waals surface area contributed by atoms with Crippen LogP contribution < -0.4 is 5.32 Å². The van der Waals surface area contributed by atoms with Crippen LogP contribution in [-0.4, -0.2) is 10.9 Å². The SMILES string of the molecule is O=C(Nc1ccc(F)c(F)c1)C1(c2c[nH]c3ccc(Cl)cc23)CC1. The van der Waals surface area contributed by atoms with Crippen molar-refractivity contribution in [1.82, 2.24) is 4.98 Å². The highest BCUT2D eigenvalue weighted by molar-refractivity contribution is 6.31. The zero-order valence-electron chi connectivity index (χ0n) is 12.5. The molecule has 0 radical (unpaired) electrons. The van der Waals surface area contributed by atoms with E-state index in [1.807, 2.05) is 18.3 Å². The summed E-state index contributed by atoms with van der Waals surface area (Å²) in [6, 6.07) is 8.80. The molecule has 3 nitrogen and oxygen atoms in total. The molecule has 1 aliphatic carbocycles. The zero-order chi connectivity index (χ0) is 16.9. The molecule has 2 N–H and O–H groups in total. The number of H-pyrrole nitrogens is 1. The minimum absolute atomic E-state index is 0.227. The molecule has 0 bridgehead atoms. The van der Waals surface area contributed by atoms with E-state index in [0.29, 0.717) is 17.9 Å². The summed E-state index contributed by atoms with van der Waals surface area (Å²) in [5, 5.41) is 4.19. The molecule has 1 amide bonds. The minimum Gasteiger partial charge on any atom is -0.361 e. The van der Waals surface area contributed by atoms with Gasteiger partial charge in [0.05, 0.1) is 5.41 Å². The number of amides is 1. The third-order valence-electron chi connectivity index (χ3n) is 4.52. The normalized spacial score (nSPS) is 15.5. The Morgan fingerprint density at radius 1 is 1.12 bits per heavy atom. The molecule has 1 aromatic heterocycles. The van der Waals surface area contributed by atoms with Gasteiger partial charge in [-0.25, -0.2) is 8.78 Å². The van der Waals surface area contributed by atoms with Crippen molar-refractivity contribution in [2.45, 2.75) is 18.3 Å². The van der Waals surface area contributed by atoms with Gasteiger partial charge >= 0.3 is 0 Å². The first-order chi connectivity index (χ1) is 11.5. The van der Waals surface area contributed by atoms with Crippen molar-refractivity contribution in [2.24, 2.45) is 0 Å². The number of carbonyl (C=O) groups is 1. The Morgan fingerprint density at radius 3 is 2.62 bits per heavy atom. The Bertz CT molecular complexity index is 963. The summed E-state index contributed by atoms with van der Waals surface area (Å²) in [5.41, 5.74) is 1.36. The maximum atomic E-state index is 13.3. The summed E-state index contributed by atoms with van der Waals surface area (Å²) in [5.74, 6) is -2.16. The van der Waals surface area contributed by atoms with Crippen LogP contribution in [0.4, 0.5) is 14.5 Å². The van der Waals surface area contributed by atoms with E-state index in [1.54, 1.807) is 6.07 Å². The van der Waals surface area contributed by atoms with E-state index in [1.165, 1.54) is 6.07 Å². The van der Waals surface area contributed by atoms with E-state index in [0.717, 1.165) is 28.6 Å². The number of rotatable bonds is 3. The molecular weight excluding hydrogens is 334 g/mol. The second-order valence-corrected chi connectivity index (χ2v) is 6.49. The summed E-state index contributed by atoms with van der Waals surface area (Å²) in [6.45, 7) is 0.